The van der Waals surface area contributed by atoms with Crippen molar-refractivity contribution in [1.29, 1.82) is 0 Å². The van der Waals surface area contributed by atoms with Gasteiger partial charge in [-0.25, -0.2) is 8.78 Å². The lowest BCUT2D eigenvalue weighted by Crippen LogP contribution is -1.98. The third-order valence-corrected chi connectivity index (χ3v) is 5.69. The first-order valence-corrected chi connectivity index (χ1v) is 8.41. The molecule has 0 aliphatic carbocycles. The monoisotopic (exact) mass is 386 g/mol. The summed E-state index contributed by atoms with van der Waals surface area (Å²) < 4.78 is 28.8. The van der Waals surface area contributed by atoms with Crippen LogP contribution in [-0.4, -0.2) is 0 Å². The normalized spacial score (nSPS) is 12.8. The zero-order chi connectivity index (χ0) is 15.0. The Kier molecular flexibility index (Phi) is 4.29. The number of benzene rings is 2. The van der Waals surface area contributed by atoms with E-state index in [1.165, 1.54) is 12.1 Å². The number of alkyl halides is 1. The average Bonchev–Trinajstić information content (AvgIpc) is 2.87. The number of fused-ring (bicyclic) bond motifs is 1. The van der Waals surface area contributed by atoms with Gasteiger partial charge in [-0.1, -0.05) is 18.2 Å². The predicted molar refractivity (Wildman–Crippen MR) is 88.2 cm³/mol. The summed E-state index contributed by atoms with van der Waals surface area (Å²) in [5.41, 5.74) is 1.40. The van der Waals surface area contributed by atoms with Crippen molar-refractivity contribution >= 4 is 49.0 Å². The Labute approximate surface area is 138 Å². The second kappa shape index (κ2) is 6.03. The van der Waals surface area contributed by atoms with E-state index in [2.05, 4.69) is 15.9 Å². The van der Waals surface area contributed by atoms with Gasteiger partial charge in [0, 0.05) is 15.2 Å². The Balaban J connectivity index is 1.94. The van der Waals surface area contributed by atoms with Crippen molar-refractivity contribution in [3.8, 4) is 0 Å². The molecule has 3 aromatic rings. The second-order valence-corrected chi connectivity index (χ2v) is 6.98. The topological polar surface area (TPSA) is 0 Å². The molecule has 0 saturated carbocycles. The van der Waals surface area contributed by atoms with E-state index in [0.717, 1.165) is 26.2 Å². The Morgan fingerprint density at radius 2 is 2.00 bits per heavy atom. The van der Waals surface area contributed by atoms with Crippen LogP contribution in [0.4, 0.5) is 8.78 Å². The first-order chi connectivity index (χ1) is 10.1. The molecule has 21 heavy (non-hydrogen) atoms. The number of halogens is 4. The van der Waals surface area contributed by atoms with Gasteiger partial charge in [-0.15, -0.1) is 22.9 Å². The molecule has 0 nitrogen and oxygen atoms in total. The van der Waals surface area contributed by atoms with Crippen LogP contribution in [0.2, 0.25) is 0 Å². The summed E-state index contributed by atoms with van der Waals surface area (Å²) in [6.45, 7) is 0. The lowest BCUT2D eigenvalue weighted by Gasteiger charge is -2.10. The maximum absolute atomic E-state index is 13.7. The molecule has 0 saturated heterocycles. The van der Waals surface area contributed by atoms with Gasteiger partial charge in [-0.05, 0) is 56.4 Å². The Morgan fingerprint density at radius 1 is 1.19 bits per heavy atom. The van der Waals surface area contributed by atoms with Gasteiger partial charge in [0.25, 0.3) is 0 Å². The van der Waals surface area contributed by atoms with E-state index in [1.54, 1.807) is 11.3 Å². The fourth-order valence-corrected chi connectivity index (χ4v) is 4.37. The third kappa shape index (κ3) is 2.98. The summed E-state index contributed by atoms with van der Waals surface area (Å²) in [5, 5.41) is 2.71. The van der Waals surface area contributed by atoms with Gasteiger partial charge < -0.3 is 0 Å². The van der Waals surface area contributed by atoms with Gasteiger partial charge in [0.1, 0.15) is 11.6 Å². The van der Waals surface area contributed by atoms with Crippen LogP contribution >= 0.6 is 38.9 Å². The molecule has 0 amide bonds. The molecule has 3 rings (SSSR count). The number of rotatable bonds is 3. The van der Waals surface area contributed by atoms with E-state index < -0.39 is 11.6 Å². The van der Waals surface area contributed by atoms with Gasteiger partial charge in [-0.3, -0.25) is 0 Å². The molecule has 1 aromatic heterocycles. The third-order valence-electron chi connectivity index (χ3n) is 3.33. The first-order valence-electron chi connectivity index (χ1n) is 6.30. The van der Waals surface area contributed by atoms with Crippen molar-refractivity contribution in [2.24, 2.45) is 0 Å². The molecule has 0 aliphatic rings. The lowest BCUT2D eigenvalue weighted by molar-refractivity contribution is 0.571. The van der Waals surface area contributed by atoms with Crippen molar-refractivity contribution in [3.63, 3.8) is 0 Å². The van der Waals surface area contributed by atoms with Crippen molar-refractivity contribution < 1.29 is 8.78 Å². The van der Waals surface area contributed by atoms with Crippen LogP contribution in [0.5, 0.6) is 0 Å². The Morgan fingerprint density at radius 3 is 2.76 bits per heavy atom. The smallest absolute Gasteiger partial charge is 0.129 e. The molecule has 2 aromatic carbocycles. The van der Waals surface area contributed by atoms with Crippen LogP contribution in [-0.2, 0) is 6.42 Å². The molecule has 1 atom stereocenters. The summed E-state index contributed by atoms with van der Waals surface area (Å²) in [5.74, 6) is -1.13. The maximum atomic E-state index is 13.7. The van der Waals surface area contributed by atoms with Gasteiger partial charge in [0.05, 0.1) is 5.38 Å². The molecule has 0 aliphatic heterocycles. The molecule has 0 bridgehead atoms. The van der Waals surface area contributed by atoms with Crippen LogP contribution in [0.15, 0.2) is 46.3 Å². The van der Waals surface area contributed by atoms with Crippen LogP contribution in [0, 0.1) is 11.6 Å². The molecule has 5 heteroatoms. The molecule has 108 valence electrons. The van der Waals surface area contributed by atoms with Gasteiger partial charge in [-0.2, -0.15) is 0 Å². The molecule has 0 spiro atoms. The minimum Gasteiger partial charge on any atom is -0.207 e. The number of hydrogen-bond acceptors (Lipinski definition) is 1. The molecular weight excluding hydrogens is 378 g/mol. The highest BCUT2D eigenvalue weighted by atomic mass is 79.9. The van der Waals surface area contributed by atoms with Crippen molar-refractivity contribution in [1.82, 2.24) is 0 Å². The van der Waals surface area contributed by atoms with Crippen molar-refractivity contribution in [2.75, 3.05) is 0 Å². The molecule has 1 heterocycles. The standard InChI is InChI=1S/C16H10BrClF2S/c17-13-3-1-2-11-12(8-21-16(11)13)14(18)6-9-4-5-10(19)7-15(9)20/h1-5,7-8,14H,6H2. The Hall–Kier alpha value is -0.970. The van der Waals surface area contributed by atoms with E-state index in [4.69, 9.17) is 11.6 Å². The van der Waals surface area contributed by atoms with Crippen LogP contribution in [0.1, 0.15) is 16.5 Å². The fraction of sp³-hybridized carbons (Fsp3) is 0.125. The molecule has 0 fully saturated rings. The maximum Gasteiger partial charge on any atom is 0.129 e. The molecule has 1 unspecified atom stereocenters. The predicted octanol–water partition coefficient (Wildman–Crippen LogP) is 6.46. The summed E-state index contributed by atoms with van der Waals surface area (Å²) in [4.78, 5) is 0. The minimum absolute atomic E-state index is 0.325. The average molecular weight is 388 g/mol. The summed E-state index contributed by atoms with van der Waals surface area (Å²) in [7, 11) is 0. The van der Waals surface area contributed by atoms with Crippen LogP contribution in [0.25, 0.3) is 10.1 Å². The molecule has 0 radical (unpaired) electrons. The Bertz CT molecular complexity index is 800. The van der Waals surface area contributed by atoms with Crippen LogP contribution in [0.3, 0.4) is 0 Å². The summed E-state index contributed by atoms with van der Waals surface area (Å²) >= 11 is 11.6. The van der Waals surface area contributed by atoms with Crippen molar-refractivity contribution in [3.05, 3.63) is 69.0 Å². The second-order valence-electron chi connectivity index (χ2n) is 4.71. The fourth-order valence-electron chi connectivity index (χ4n) is 2.27. The largest absolute Gasteiger partial charge is 0.207 e. The molecular formula is C16H10BrClF2S. The van der Waals surface area contributed by atoms with E-state index in [9.17, 15) is 8.78 Å². The lowest BCUT2D eigenvalue weighted by atomic mass is 10.0. The van der Waals surface area contributed by atoms with E-state index >= 15 is 0 Å². The highest BCUT2D eigenvalue weighted by Crippen LogP contribution is 2.38. The van der Waals surface area contributed by atoms with Gasteiger partial charge >= 0.3 is 0 Å². The number of thiophene rings is 1. The number of hydrogen-bond donors (Lipinski definition) is 0. The minimum atomic E-state index is -0.577. The zero-order valence-corrected chi connectivity index (χ0v) is 13.9. The van der Waals surface area contributed by atoms with E-state index in [-0.39, 0.29) is 5.38 Å². The van der Waals surface area contributed by atoms with Gasteiger partial charge in [0.2, 0.25) is 0 Å². The van der Waals surface area contributed by atoms with Gasteiger partial charge in [0.15, 0.2) is 0 Å². The zero-order valence-electron chi connectivity index (χ0n) is 10.7. The van der Waals surface area contributed by atoms with Crippen LogP contribution < -0.4 is 0 Å². The SMILES string of the molecule is Fc1ccc(CC(Cl)c2csc3c(Br)cccc23)c(F)c1. The van der Waals surface area contributed by atoms with E-state index in [0.29, 0.717) is 12.0 Å². The quantitative estimate of drug-likeness (QED) is 0.452. The first kappa shape index (κ1) is 14.9. The van der Waals surface area contributed by atoms with E-state index in [1.807, 2.05) is 23.6 Å². The van der Waals surface area contributed by atoms with Crippen molar-refractivity contribution in [2.45, 2.75) is 11.8 Å². The summed E-state index contributed by atoms with van der Waals surface area (Å²) in [6.07, 6.45) is 0.325. The molecule has 0 N–H and O–H groups in total. The highest BCUT2D eigenvalue weighted by Gasteiger charge is 2.17. The highest BCUT2D eigenvalue weighted by molar-refractivity contribution is 9.10. The summed E-state index contributed by atoms with van der Waals surface area (Å²) in [6, 6.07) is 9.52.